The molecule has 32 heavy (non-hydrogen) atoms. The van der Waals surface area contributed by atoms with Crippen LogP contribution in [0.25, 0.3) is 0 Å². The van der Waals surface area contributed by atoms with Gasteiger partial charge in [0.2, 0.25) is 5.91 Å². The predicted molar refractivity (Wildman–Crippen MR) is 111 cm³/mol. The molecule has 0 aliphatic heterocycles. The van der Waals surface area contributed by atoms with E-state index >= 15 is 0 Å². The molecular formula is C18H13BrCl2F5N5O. The standard InChI is InChI=1S/C18H13BrCl2F5N5O/c1-7(31-14(16(25)26)12(21)13(28-31)15(23)24)18(32)27-17-9(19)6-30(29-17)5-8-10(20)3-2-4-11(8)22/h2-4,6-7,15-16H,5H2,1H3,(H,27,29,32). The molecule has 172 valence electrons. The van der Waals surface area contributed by atoms with E-state index in [0.29, 0.717) is 9.15 Å². The monoisotopic (exact) mass is 559 g/mol. The molecule has 0 aliphatic rings. The molecule has 3 aromatic rings. The van der Waals surface area contributed by atoms with Crippen LogP contribution in [0, 0.1) is 5.82 Å². The summed E-state index contributed by atoms with van der Waals surface area (Å²) in [7, 11) is 0. The fourth-order valence-corrected chi connectivity index (χ4v) is 3.74. The van der Waals surface area contributed by atoms with Crippen LogP contribution in [0.1, 0.15) is 42.8 Å². The van der Waals surface area contributed by atoms with Crippen molar-refractivity contribution < 1.29 is 26.7 Å². The zero-order valence-electron chi connectivity index (χ0n) is 16.0. The molecule has 0 radical (unpaired) electrons. The number of halogens is 8. The van der Waals surface area contributed by atoms with Crippen molar-refractivity contribution in [2.24, 2.45) is 0 Å². The first-order chi connectivity index (χ1) is 15.0. The fraction of sp³-hybridized carbons (Fsp3) is 0.278. The van der Waals surface area contributed by atoms with Crippen molar-refractivity contribution in [1.29, 1.82) is 0 Å². The maximum Gasteiger partial charge on any atom is 0.283 e. The minimum atomic E-state index is -3.24. The average molecular weight is 561 g/mol. The van der Waals surface area contributed by atoms with Crippen LogP contribution in [-0.2, 0) is 11.3 Å². The van der Waals surface area contributed by atoms with Crippen LogP contribution in [0.2, 0.25) is 10.0 Å². The summed E-state index contributed by atoms with van der Waals surface area (Å²) in [5.41, 5.74) is -1.88. The van der Waals surface area contributed by atoms with Gasteiger partial charge in [-0.25, -0.2) is 26.6 Å². The highest BCUT2D eigenvalue weighted by Crippen LogP contribution is 2.36. The Morgan fingerprint density at radius 3 is 2.47 bits per heavy atom. The molecule has 1 aromatic carbocycles. The van der Waals surface area contributed by atoms with Gasteiger partial charge in [-0.1, -0.05) is 29.3 Å². The number of anilines is 1. The van der Waals surface area contributed by atoms with Gasteiger partial charge in [-0.05, 0) is 35.0 Å². The van der Waals surface area contributed by atoms with Crippen molar-refractivity contribution in [3.63, 3.8) is 0 Å². The van der Waals surface area contributed by atoms with E-state index in [1.165, 1.54) is 36.0 Å². The van der Waals surface area contributed by atoms with E-state index in [2.05, 4.69) is 31.4 Å². The number of hydrogen-bond donors (Lipinski definition) is 1. The van der Waals surface area contributed by atoms with Gasteiger partial charge in [-0.3, -0.25) is 9.48 Å². The van der Waals surface area contributed by atoms with Gasteiger partial charge in [0, 0.05) is 16.8 Å². The van der Waals surface area contributed by atoms with E-state index in [1.807, 2.05) is 0 Å². The maximum atomic E-state index is 14.0. The first-order valence-electron chi connectivity index (χ1n) is 8.82. The molecule has 14 heteroatoms. The van der Waals surface area contributed by atoms with Gasteiger partial charge in [-0.15, -0.1) is 0 Å². The van der Waals surface area contributed by atoms with E-state index in [4.69, 9.17) is 23.2 Å². The smallest absolute Gasteiger partial charge is 0.283 e. The van der Waals surface area contributed by atoms with Crippen molar-refractivity contribution in [3.05, 3.63) is 61.7 Å². The molecule has 6 nitrogen and oxygen atoms in total. The van der Waals surface area contributed by atoms with Gasteiger partial charge in [0.25, 0.3) is 12.9 Å². The molecule has 0 fully saturated rings. The van der Waals surface area contributed by atoms with Crippen molar-refractivity contribution in [2.75, 3.05) is 5.32 Å². The Morgan fingerprint density at radius 2 is 1.88 bits per heavy atom. The third-order valence-corrected chi connectivity index (χ3v) is 5.73. The van der Waals surface area contributed by atoms with Crippen molar-refractivity contribution >= 4 is 50.9 Å². The molecular weight excluding hydrogens is 548 g/mol. The molecule has 2 heterocycles. The topological polar surface area (TPSA) is 64.7 Å². The van der Waals surface area contributed by atoms with Crippen molar-refractivity contribution in [1.82, 2.24) is 19.6 Å². The van der Waals surface area contributed by atoms with Crippen LogP contribution in [0.4, 0.5) is 27.8 Å². The summed E-state index contributed by atoms with van der Waals surface area (Å²) >= 11 is 14.8. The average Bonchev–Trinajstić information content (AvgIpc) is 3.23. The molecule has 0 bridgehead atoms. The summed E-state index contributed by atoms with van der Waals surface area (Å²) < 4.78 is 68.8. The highest BCUT2D eigenvalue weighted by atomic mass is 79.9. The number of nitrogens with zero attached hydrogens (tertiary/aromatic N) is 4. The van der Waals surface area contributed by atoms with E-state index in [0.717, 1.165) is 0 Å². The summed E-state index contributed by atoms with van der Waals surface area (Å²) in [5.74, 6) is -1.43. The Hall–Kier alpha value is -2.18. The largest absolute Gasteiger partial charge is 0.306 e. The zero-order chi connectivity index (χ0) is 23.7. The summed E-state index contributed by atoms with van der Waals surface area (Å²) in [5, 5.41) is 9.16. The first kappa shape index (κ1) is 24.5. The minimum absolute atomic E-state index is 0.0137. The number of rotatable bonds is 7. The zero-order valence-corrected chi connectivity index (χ0v) is 19.1. The van der Waals surface area contributed by atoms with Crippen LogP contribution in [0.15, 0.2) is 28.9 Å². The third kappa shape index (κ3) is 4.91. The molecule has 3 rings (SSSR count). The second kappa shape index (κ2) is 9.75. The van der Waals surface area contributed by atoms with E-state index in [9.17, 15) is 26.7 Å². The summed E-state index contributed by atoms with van der Waals surface area (Å²) in [6.45, 7) is 1.13. The number of amides is 1. The lowest BCUT2D eigenvalue weighted by Gasteiger charge is -2.15. The molecule has 1 unspecified atom stereocenters. The third-order valence-electron chi connectivity index (χ3n) is 4.41. The second-order valence-corrected chi connectivity index (χ2v) is 8.16. The van der Waals surface area contributed by atoms with Crippen molar-refractivity contribution in [3.8, 4) is 0 Å². The van der Waals surface area contributed by atoms with Gasteiger partial charge in [-0.2, -0.15) is 10.2 Å². The maximum absolute atomic E-state index is 14.0. The minimum Gasteiger partial charge on any atom is -0.306 e. The van der Waals surface area contributed by atoms with E-state index in [1.54, 1.807) is 0 Å². The van der Waals surface area contributed by atoms with Gasteiger partial charge in [0.05, 0.1) is 16.0 Å². The number of carbonyl (C=O) groups excluding carboxylic acids is 1. The van der Waals surface area contributed by atoms with Gasteiger partial charge >= 0.3 is 0 Å². The van der Waals surface area contributed by atoms with Crippen molar-refractivity contribution in [2.45, 2.75) is 32.4 Å². The lowest BCUT2D eigenvalue weighted by atomic mass is 10.2. The van der Waals surface area contributed by atoms with E-state index < -0.39 is 47.0 Å². The van der Waals surface area contributed by atoms with Gasteiger partial charge < -0.3 is 5.32 Å². The quantitative estimate of drug-likeness (QED) is 0.340. The molecule has 0 saturated carbocycles. The Labute approximate surface area is 196 Å². The molecule has 1 amide bonds. The number of alkyl halides is 4. The molecule has 0 spiro atoms. The number of benzene rings is 1. The van der Waals surface area contributed by atoms with Crippen LogP contribution >= 0.6 is 39.1 Å². The molecule has 0 aliphatic carbocycles. The Bertz CT molecular complexity index is 1130. The molecule has 0 saturated heterocycles. The normalized spacial score (nSPS) is 12.6. The summed E-state index contributed by atoms with van der Waals surface area (Å²) in [6.07, 6.45) is -5.01. The highest BCUT2D eigenvalue weighted by molar-refractivity contribution is 9.10. The second-order valence-electron chi connectivity index (χ2n) is 6.52. The highest BCUT2D eigenvalue weighted by Gasteiger charge is 2.32. The first-order valence-corrected chi connectivity index (χ1v) is 10.4. The van der Waals surface area contributed by atoms with Crippen LogP contribution in [0.5, 0.6) is 0 Å². The van der Waals surface area contributed by atoms with Crippen LogP contribution in [0.3, 0.4) is 0 Å². The fourth-order valence-electron chi connectivity index (χ4n) is 2.82. The molecule has 1 N–H and O–H groups in total. The SMILES string of the molecule is CC(C(=O)Nc1nn(Cc2c(F)cccc2Cl)cc1Br)n1nc(C(F)F)c(Cl)c1C(F)F. The van der Waals surface area contributed by atoms with Gasteiger partial charge in [0.1, 0.15) is 23.2 Å². The number of hydrogen-bond acceptors (Lipinski definition) is 3. The molecule has 2 aromatic heterocycles. The molecule has 1 atom stereocenters. The summed E-state index contributed by atoms with van der Waals surface area (Å²) in [6, 6.07) is 2.75. The number of nitrogens with one attached hydrogen (secondary N) is 1. The Kier molecular flexibility index (Phi) is 7.46. The van der Waals surface area contributed by atoms with Gasteiger partial charge in [0.15, 0.2) is 5.82 Å². The van der Waals surface area contributed by atoms with Crippen LogP contribution in [-0.4, -0.2) is 25.5 Å². The van der Waals surface area contributed by atoms with Crippen LogP contribution < -0.4 is 5.32 Å². The Balaban J connectivity index is 1.83. The Morgan fingerprint density at radius 1 is 1.19 bits per heavy atom. The summed E-state index contributed by atoms with van der Waals surface area (Å²) in [4.78, 5) is 12.6. The lowest BCUT2D eigenvalue weighted by Crippen LogP contribution is -2.26. The number of carbonyl (C=O) groups is 1. The predicted octanol–water partition coefficient (Wildman–Crippen LogP) is 6.41. The van der Waals surface area contributed by atoms with E-state index in [-0.39, 0.29) is 22.9 Å². The number of aromatic nitrogens is 4. The lowest BCUT2D eigenvalue weighted by molar-refractivity contribution is -0.119.